The van der Waals surface area contributed by atoms with Crippen LogP contribution in [0.5, 0.6) is 0 Å². The molecule has 0 saturated carbocycles. The van der Waals surface area contributed by atoms with Crippen molar-refractivity contribution >= 4 is 34.5 Å². The van der Waals surface area contributed by atoms with Gasteiger partial charge in [0.1, 0.15) is 5.82 Å². The number of thiophene rings is 1. The summed E-state index contributed by atoms with van der Waals surface area (Å²) in [6, 6.07) is 6.80. The van der Waals surface area contributed by atoms with E-state index >= 15 is 0 Å². The van der Waals surface area contributed by atoms with Gasteiger partial charge in [-0.25, -0.2) is 4.39 Å². The first kappa shape index (κ1) is 12.9. The number of benzene rings is 1. The number of alkyl halides is 1. The van der Waals surface area contributed by atoms with Crippen LogP contribution in [0.4, 0.5) is 4.39 Å². The second-order valence-corrected chi connectivity index (χ2v) is 6.01. The highest BCUT2D eigenvalue weighted by atomic mass is 35.5. The van der Waals surface area contributed by atoms with E-state index in [1.807, 2.05) is 13.8 Å². The van der Waals surface area contributed by atoms with Gasteiger partial charge in [0.2, 0.25) is 0 Å². The minimum Gasteiger partial charge on any atom is -0.205 e. The molecule has 2 aromatic rings. The van der Waals surface area contributed by atoms with E-state index in [0.29, 0.717) is 5.56 Å². The van der Waals surface area contributed by atoms with Crippen molar-refractivity contribution in [1.82, 2.24) is 0 Å². The molecule has 0 aliphatic carbocycles. The van der Waals surface area contributed by atoms with Crippen molar-refractivity contribution in [3.05, 3.63) is 56.0 Å². The van der Waals surface area contributed by atoms with Gasteiger partial charge in [-0.3, -0.25) is 0 Å². The lowest BCUT2D eigenvalue weighted by atomic mass is 10.1. The molecule has 2 rings (SSSR count). The van der Waals surface area contributed by atoms with Crippen LogP contribution in [0, 0.1) is 19.7 Å². The normalized spacial score (nSPS) is 12.8. The van der Waals surface area contributed by atoms with E-state index in [9.17, 15) is 4.39 Å². The number of aryl methyl sites for hydroxylation is 2. The van der Waals surface area contributed by atoms with Crippen LogP contribution in [-0.4, -0.2) is 0 Å². The maximum absolute atomic E-state index is 13.4. The summed E-state index contributed by atoms with van der Waals surface area (Å²) in [6.07, 6.45) is 0. The molecule has 0 aliphatic rings. The van der Waals surface area contributed by atoms with E-state index in [0.717, 1.165) is 10.4 Å². The Labute approximate surface area is 114 Å². The van der Waals surface area contributed by atoms with Gasteiger partial charge in [-0.2, -0.15) is 0 Å². The second-order valence-electron chi connectivity index (χ2n) is 3.91. The van der Waals surface area contributed by atoms with Crippen molar-refractivity contribution in [1.29, 1.82) is 0 Å². The van der Waals surface area contributed by atoms with Crippen LogP contribution in [0.1, 0.15) is 26.3 Å². The zero-order valence-corrected chi connectivity index (χ0v) is 11.8. The van der Waals surface area contributed by atoms with Crippen LogP contribution in [0.25, 0.3) is 0 Å². The Morgan fingerprint density at radius 3 is 2.59 bits per heavy atom. The third kappa shape index (κ3) is 2.49. The summed E-state index contributed by atoms with van der Waals surface area (Å²) in [5.41, 5.74) is 1.74. The highest BCUT2D eigenvalue weighted by Crippen LogP contribution is 2.39. The fourth-order valence-corrected chi connectivity index (χ4v) is 3.58. The molecule has 0 amide bonds. The molecule has 1 atom stereocenters. The Hall–Kier alpha value is -0.570. The van der Waals surface area contributed by atoms with Crippen LogP contribution in [0.3, 0.4) is 0 Å². The fraction of sp³-hybridized carbons (Fsp3) is 0.231. The minimum atomic E-state index is -0.430. The Morgan fingerprint density at radius 1 is 1.29 bits per heavy atom. The molecule has 0 aliphatic heterocycles. The molecule has 1 unspecified atom stereocenters. The lowest BCUT2D eigenvalue weighted by molar-refractivity contribution is 0.626. The molecule has 90 valence electrons. The molecule has 0 spiro atoms. The van der Waals surface area contributed by atoms with Gasteiger partial charge in [0.05, 0.1) is 10.4 Å². The summed E-state index contributed by atoms with van der Waals surface area (Å²) >= 11 is 13.9. The van der Waals surface area contributed by atoms with Crippen molar-refractivity contribution in [3.8, 4) is 0 Å². The molecular formula is C13H11Cl2FS. The van der Waals surface area contributed by atoms with Crippen LogP contribution in [0.2, 0.25) is 5.02 Å². The highest BCUT2D eigenvalue weighted by molar-refractivity contribution is 7.12. The van der Waals surface area contributed by atoms with Gasteiger partial charge in [0.15, 0.2) is 0 Å². The van der Waals surface area contributed by atoms with Gasteiger partial charge in [-0.05, 0) is 37.1 Å². The maximum atomic E-state index is 13.4. The van der Waals surface area contributed by atoms with Crippen molar-refractivity contribution < 1.29 is 4.39 Å². The summed E-state index contributed by atoms with van der Waals surface area (Å²) in [4.78, 5) is 2.22. The van der Waals surface area contributed by atoms with Crippen LogP contribution >= 0.6 is 34.5 Å². The summed E-state index contributed by atoms with van der Waals surface area (Å²) in [5, 5.41) is -0.283. The van der Waals surface area contributed by atoms with E-state index in [1.54, 1.807) is 23.5 Å². The Bertz CT molecular complexity index is 548. The first-order valence-electron chi connectivity index (χ1n) is 5.15. The molecule has 0 saturated heterocycles. The smallest absolute Gasteiger partial charge is 0.142 e. The molecule has 4 heteroatoms. The van der Waals surface area contributed by atoms with Gasteiger partial charge in [-0.15, -0.1) is 22.9 Å². The summed E-state index contributed by atoms with van der Waals surface area (Å²) < 4.78 is 13.4. The van der Waals surface area contributed by atoms with Crippen molar-refractivity contribution in [2.24, 2.45) is 0 Å². The summed E-state index contributed by atoms with van der Waals surface area (Å²) in [5.74, 6) is -0.430. The molecule has 1 heterocycles. The summed E-state index contributed by atoms with van der Waals surface area (Å²) in [7, 11) is 0. The molecule has 1 aromatic carbocycles. The molecule has 0 N–H and O–H groups in total. The van der Waals surface area contributed by atoms with Gasteiger partial charge in [0, 0.05) is 9.75 Å². The van der Waals surface area contributed by atoms with Gasteiger partial charge in [-0.1, -0.05) is 23.7 Å². The molecule has 0 bridgehead atoms. The van der Waals surface area contributed by atoms with E-state index < -0.39 is 11.2 Å². The van der Waals surface area contributed by atoms with Crippen LogP contribution < -0.4 is 0 Å². The van der Waals surface area contributed by atoms with Gasteiger partial charge < -0.3 is 0 Å². The van der Waals surface area contributed by atoms with Gasteiger partial charge in [0.25, 0.3) is 0 Å². The lowest BCUT2D eigenvalue weighted by Crippen LogP contribution is -1.95. The Balaban J connectivity index is 2.47. The van der Waals surface area contributed by atoms with Crippen molar-refractivity contribution in [2.45, 2.75) is 19.2 Å². The molecule has 17 heavy (non-hydrogen) atoms. The highest BCUT2D eigenvalue weighted by Gasteiger charge is 2.19. The Kier molecular flexibility index (Phi) is 3.76. The number of hydrogen-bond acceptors (Lipinski definition) is 1. The predicted molar refractivity (Wildman–Crippen MR) is 72.9 cm³/mol. The topological polar surface area (TPSA) is 0 Å². The SMILES string of the molecule is Cc1cc(C)c(C(Cl)c2cccc(F)c2Cl)s1. The zero-order valence-electron chi connectivity index (χ0n) is 9.43. The van der Waals surface area contributed by atoms with E-state index in [4.69, 9.17) is 23.2 Å². The first-order valence-corrected chi connectivity index (χ1v) is 6.78. The monoisotopic (exact) mass is 288 g/mol. The number of rotatable bonds is 2. The quantitative estimate of drug-likeness (QED) is 0.642. The Morgan fingerprint density at radius 2 is 2.00 bits per heavy atom. The standard InChI is InChI=1S/C13H11Cl2FS/c1-7-6-8(2)17-13(7)12(15)9-4-3-5-10(16)11(9)14/h3-6,12H,1-2H3. The maximum Gasteiger partial charge on any atom is 0.142 e. The number of hydrogen-bond donors (Lipinski definition) is 0. The fourth-order valence-electron chi connectivity index (χ4n) is 1.77. The molecular weight excluding hydrogens is 278 g/mol. The zero-order chi connectivity index (χ0) is 12.6. The molecule has 0 fully saturated rings. The van der Waals surface area contributed by atoms with Gasteiger partial charge >= 0.3 is 0 Å². The average molecular weight is 289 g/mol. The van der Waals surface area contributed by atoms with Crippen molar-refractivity contribution in [2.75, 3.05) is 0 Å². The lowest BCUT2D eigenvalue weighted by Gasteiger charge is -2.11. The molecule has 1 aromatic heterocycles. The summed E-state index contributed by atoms with van der Waals surface area (Å²) in [6.45, 7) is 4.03. The first-order chi connectivity index (χ1) is 8.00. The van der Waals surface area contributed by atoms with Crippen molar-refractivity contribution in [3.63, 3.8) is 0 Å². The minimum absolute atomic E-state index is 0.109. The van der Waals surface area contributed by atoms with Crippen LogP contribution in [-0.2, 0) is 0 Å². The second kappa shape index (κ2) is 4.97. The van der Waals surface area contributed by atoms with E-state index in [2.05, 4.69) is 6.07 Å². The van der Waals surface area contributed by atoms with E-state index in [1.165, 1.54) is 10.9 Å². The largest absolute Gasteiger partial charge is 0.205 e. The molecule has 0 radical (unpaired) electrons. The average Bonchev–Trinajstić information content (AvgIpc) is 2.61. The molecule has 0 nitrogen and oxygen atoms in total. The number of halogens is 3. The third-order valence-corrected chi connectivity index (χ3v) is 4.76. The van der Waals surface area contributed by atoms with E-state index in [-0.39, 0.29) is 5.02 Å². The van der Waals surface area contributed by atoms with Crippen LogP contribution in [0.15, 0.2) is 24.3 Å². The third-order valence-electron chi connectivity index (χ3n) is 2.56. The predicted octanol–water partition coefficient (Wildman–Crippen LogP) is 5.49.